The highest BCUT2D eigenvalue weighted by atomic mass is 16.2. The van der Waals surface area contributed by atoms with Gasteiger partial charge in [-0.15, -0.1) is 0 Å². The normalized spacial score (nSPS) is 23.1. The van der Waals surface area contributed by atoms with Crippen molar-refractivity contribution in [3.63, 3.8) is 0 Å². The van der Waals surface area contributed by atoms with Crippen molar-refractivity contribution < 1.29 is 14.4 Å². The standard InChI is InChI=1S/C14H21N3O3/c1-14(2,15)10-5-7-16(9-10)11(18)6-8-17-12(19)3-4-13(17)20/h3-4,10H,5-9,15H2,1-2H3. The quantitative estimate of drug-likeness (QED) is 0.728. The van der Waals surface area contributed by atoms with Crippen LogP contribution in [-0.4, -0.2) is 52.7 Å². The number of imide groups is 1. The van der Waals surface area contributed by atoms with Gasteiger partial charge in [-0.05, 0) is 26.2 Å². The average molecular weight is 279 g/mol. The molecule has 1 fully saturated rings. The van der Waals surface area contributed by atoms with Crippen LogP contribution in [0.15, 0.2) is 12.2 Å². The molecule has 0 spiro atoms. The molecule has 2 aliphatic rings. The number of amides is 3. The highest BCUT2D eigenvalue weighted by Crippen LogP contribution is 2.25. The van der Waals surface area contributed by atoms with Gasteiger partial charge in [-0.3, -0.25) is 19.3 Å². The van der Waals surface area contributed by atoms with Gasteiger partial charge in [0.1, 0.15) is 0 Å². The van der Waals surface area contributed by atoms with Crippen molar-refractivity contribution in [3.8, 4) is 0 Å². The summed E-state index contributed by atoms with van der Waals surface area (Å²) >= 11 is 0. The van der Waals surface area contributed by atoms with E-state index in [9.17, 15) is 14.4 Å². The van der Waals surface area contributed by atoms with Gasteiger partial charge >= 0.3 is 0 Å². The van der Waals surface area contributed by atoms with Crippen LogP contribution in [0.1, 0.15) is 26.7 Å². The smallest absolute Gasteiger partial charge is 0.253 e. The molecule has 0 aromatic heterocycles. The van der Waals surface area contributed by atoms with Gasteiger partial charge in [0, 0.05) is 43.7 Å². The summed E-state index contributed by atoms with van der Waals surface area (Å²) in [7, 11) is 0. The Morgan fingerprint density at radius 1 is 1.35 bits per heavy atom. The summed E-state index contributed by atoms with van der Waals surface area (Å²) in [4.78, 5) is 37.7. The van der Waals surface area contributed by atoms with Gasteiger partial charge in [0.15, 0.2) is 0 Å². The Morgan fingerprint density at radius 2 is 1.95 bits per heavy atom. The fourth-order valence-corrected chi connectivity index (χ4v) is 2.61. The average Bonchev–Trinajstić information content (AvgIpc) is 2.95. The first-order valence-electron chi connectivity index (χ1n) is 6.89. The fourth-order valence-electron chi connectivity index (χ4n) is 2.61. The molecule has 0 bridgehead atoms. The molecule has 6 heteroatoms. The molecule has 0 aromatic rings. The first-order chi connectivity index (χ1) is 9.29. The molecular weight excluding hydrogens is 258 g/mol. The second-order valence-corrected chi connectivity index (χ2v) is 6.06. The van der Waals surface area contributed by atoms with Crippen LogP contribution in [-0.2, 0) is 14.4 Å². The molecule has 20 heavy (non-hydrogen) atoms. The zero-order valence-electron chi connectivity index (χ0n) is 12.0. The van der Waals surface area contributed by atoms with Crippen molar-refractivity contribution in [1.82, 2.24) is 9.80 Å². The Balaban J connectivity index is 1.82. The van der Waals surface area contributed by atoms with E-state index in [1.807, 2.05) is 13.8 Å². The Bertz CT molecular complexity index is 447. The Labute approximate surface area is 118 Å². The second kappa shape index (κ2) is 5.36. The van der Waals surface area contributed by atoms with Crippen molar-refractivity contribution in [2.45, 2.75) is 32.2 Å². The van der Waals surface area contributed by atoms with E-state index in [0.29, 0.717) is 19.0 Å². The van der Waals surface area contributed by atoms with E-state index >= 15 is 0 Å². The first kappa shape index (κ1) is 14.7. The first-order valence-corrected chi connectivity index (χ1v) is 6.89. The van der Waals surface area contributed by atoms with E-state index in [-0.39, 0.29) is 36.2 Å². The molecule has 3 amide bonds. The van der Waals surface area contributed by atoms with E-state index in [2.05, 4.69) is 0 Å². The molecule has 6 nitrogen and oxygen atoms in total. The SMILES string of the molecule is CC(C)(N)C1CCN(C(=O)CCN2C(=O)C=CC2=O)C1. The summed E-state index contributed by atoms with van der Waals surface area (Å²) < 4.78 is 0. The summed E-state index contributed by atoms with van der Waals surface area (Å²) in [5.41, 5.74) is 5.78. The number of carbonyl (C=O) groups is 3. The van der Waals surface area contributed by atoms with Gasteiger partial charge in [0.05, 0.1) is 0 Å². The van der Waals surface area contributed by atoms with Crippen LogP contribution in [0.5, 0.6) is 0 Å². The van der Waals surface area contributed by atoms with Crippen molar-refractivity contribution >= 4 is 17.7 Å². The van der Waals surface area contributed by atoms with E-state index in [1.165, 1.54) is 12.2 Å². The fraction of sp³-hybridized carbons (Fsp3) is 0.643. The maximum absolute atomic E-state index is 12.1. The van der Waals surface area contributed by atoms with Crippen LogP contribution in [0.3, 0.4) is 0 Å². The molecule has 110 valence electrons. The van der Waals surface area contributed by atoms with Gasteiger partial charge < -0.3 is 10.6 Å². The van der Waals surface area contributed by atoms with Gasteiger partial charge in [-0.1, -0.05) is 0 Å². The Hall–Kier alpha value is -1.69. The molecule has 1 atom stereocenters. The van der Waals surface area contributed by atoms with Crippen molar-refractivity contribution in [3.05, 3.63) is 12.2 Å². The van der Waals surface area contributed by atoms with Gasteiger partial charge in [0.25, 0.3) is 11.8 Å². The second-order valence-electron chi connectivity index (χ2n) is 6.06. The number of nitrogens with zero attached hydrogens (tertiary/aromatic N) is 2. The third kappa shape index (κ3) is 3.07. The monoisotopic (exact) mass is 279 g/mol. The number of nitrogens with two attached hydrogens (primary N) is 1. The highest BCUT2D eigenvalue weighted by molar-refractivity contribution is 6.13. The van der Waals surface area contributed by atoms with E-state index in [0.717, 1.165) is 11.3 Å². The van der Waals surface area contributed by atoms with Gasteiger partial charge in [-0.25, -0.2) is 0 Å². The molecule has 0 aliphatic carbocycles. The third-order valence-electron chi connectivity index (χ3n) is 4.04. The van der Waals surface area contributed by atoms with Crippen LogP contribution in [0.25, 0.3) is 0 Å². The summed E-state index contributed by atoms with van der Waals surface area (Å²) in [6.45, 7) is 5.45. The lowest BCUT2D eigenvalue weighted by molar-refractivity contribution is -0.138. The Kier molecular flexibility index (Phi) is 3.94. The molecule has 1 saturated heterocycles. The predicted octanol–water partition coefficient (Wildman–Crippen LogP) is -0.113. The molecule has 2 heterocycles. The van der Waals surface area contributed by atoms with Gasteiger partial charge in [-0.2, -0.15) is 0 Å². The zero-order chi connectivity index (χ0) is 14.9. The summed E-state index contributed by atoms with van der Waals surface area (Å²) in [5, 5.41) is 0. The topological polar surface area (TPSA) is 83.7 Å². The maximum atomic E-state index is 12.1. The van der Waals surface area contributed by atoms with Crippen LogP contribution < -0.4 is 5.73 Å². The molecule has 2 aliphatic heterocycles. The van der Waals surface area contributed by atoms with Gasteiger partial charge in [0.2, 0.25) is 5.91 Å². The Morgan fingerprint density at radius 3 is 2.45 bits per heavy atom. The number of hydrogen-bond acceptors (Lipinski definition) is 4. The third-order valence-corrected chi connectivity index (χ3v) is 4.04. The number of rotatable bonds is 4. The molecule has 2 N–H and O–H groups in total. The van der Waals surface area contributed by atoms with Crippen LogP contribution in [0.2, 0.25) is 0 Å². The van der Waals surface area contributed by atoms with Crippen LogP contribution in [0, 0.1) is 5.92 Å². The maximum Gasteiger partial charge on any atom is 0.253 e. The summed E-state index contributed by atoms with van der Waals surface area (Å²) in [5.74, 6) is -0.414. The number of carbonyl (C=O) groups excluding carboxylic acids is 3. The van der Waals surface area contributed by atoms with E-state index in [4.69, 9.17) is 5.73 Å². The number of likely N-dealkylation sites (tertiary alicyclic amines) is 1. The lowest BCUT2D eigenvalue weighted by atomic mass is 9.88. The number of hydrogen-bond donors (Lipinski definition) is 1. The minimum absolute atomic E-state index is 0.0238. The molecule has 0 aromatic carbocycles. The largest absolute Gasteiger partial charge is 0.342 e. The van der Waals surface area contributed by atoms with E-state index < -0.39 is 0 Å². The lowest BCUT2D eigenvalue weighted by Gasteiger charge is -2.27. The molecular formula is C14H21N3O3. The van der Waals surface area contributed by atoms with Crippen LogP contribution >= 0.6 is 0 Å². The summed E-state index contributed by atoms with van der Waals surface area (Å²) in [6.07, 6.45) is 3.54. The lowest BCUT2D eigenvalue weighted by Crippen LogP contribution is -2.43. The van der Waals surface area contributed by atoms with Crippen LogP contribution in [0.4, 0.5) is 0 Å². The minimum atomic E-state index is -0.342. The van der Waals surface area contributed by atoms with Crippen molar-refractivity contribution in [1.29, 1.82) is 0 Å². The zero-order valence-corrected chi connectivity index (χ0v) is 12.0. The molecule has 1 unspecified atom stereocenters. The van der Waals surface area contributed by atoms with Crippen molar-refractivity contribution in [2.24, 2.45) is 11.7 Å². The predicted molar refractivity (Wildman–Crippen MR) is 73.4 cm³/mol. The molecule has 0 saturated carbocycles. The molecule has 0 radical (unpaired) electrons. The minimum Gasteiger partial charge on any atom is -0.342 e. The summed E-state index contributed by atoms with van der Waals surface area (Å²) in [6, 6.07) is 0. The highest BCUT2D eigenvalue weighted by Gasteiger charge is 2.34. The molecule has 2 rings (SSSR count). The van der Waals surface area contributed by atoms with E-state index in [1.54, 1.807) is 4.90 Å². The van der Waals surface area contributed by atoms with Crippen molar-refractivity contribution in [2.75, 3.05) is 19.6 Å².